The summed E-state index contributed by atoms with van der Waals surface area (Å²) in [6.07, 6.45) is 0.745. The van der Waals surface area contributed by atoms with E-state index in [4.69, 9.17) is 5.11 Å². The number of carbonyl (C=O) groups is 1. The zero-order valence-corrected chi connectivity index (χ0v) is 8.99. The third-order valence-electron chi connectivity index (χ3n) is 2.57. The normalized spacial score (nSPS) is 21.1. The van der Waals surface area contributed by atoms with E-state index in [0.717, 1.165) is 32.6 Å². The summed E-state index contributed by atoms with van der Waals surface area (Å²) in [6.45, 7) is 7.65. The molecular formula is C10H20N2O2. The van der Waals surface area contributed by atoms with Crippen LogP contribution in [0.5, 0.6) is 0 Å². The van der Waals surface area contributed by atoms with E-state index in [2.05, 4.69) is 24.1 Å². The first kappa shape index (κ1) is 11.5. The van der Waals surface area contributed by atoms with E-state index in [1.807, 2.05) is 0 Å². The lowest BCUT2D eigenvalue weighted by Gasteiger charge is -2.33. The molecule has 0 aliphatic carbocycles. The van der Waals surface area contributed by atoms with Gasteiger partial charge in [-0.3, -0.25) is 9.69 Å². The third kappa shape index (κ3) is 3.27. The Morgan fingerprint density at radius 2 is 2.00 bits per heavy atom. The molecule has 0 aromatic heterocycles. The molecule has 1 aliphatic heterocycles. The molecule has 0 amide bonds. The lowest BCUT2D eigenvalue weighted by molar-refractivity contribution is -0.144. The van der Waals surface area contributed by atoms with E-state index >= 15 is 0 Å². The van der Waals surface area contributed by atoms with Crippen LogP contribution >= 0.6 is 0 Å². The molecule has 82 valence electrons. The number of hydrogen-bond acceptors (Lipinski definition) is 3. The Morgan fingerprint density at radius 3 is 2.43 bits per heavy atom. The predicted molar refractivity (Wildman–Crippen MR) is 55.3 cm³/mol. The Labute approximate surface area is 85.3 Å². The lowest BCUT2D eigenvalue weighted by atomic mass is 10.0. The van der Waals surface area contributed by atoms with Crippen molar-refractivity contribution in [3.8, 4) is 0 Å². The number of nitrogens with zero attached hydrogens (tertiary/aromatic N) is 1. The second-order valence-corrected chi connectivity index (χ2v) is 4.27. The second kappa shape index (κ2) is 5.32. The topological polar surface area (TPSA) is 52.6 Å². The fraction of sp³-hybridized carbons (Fsp3) is 0.900. The number of piperazine rings is 1. The molecule has 1 heterocycles. The highest BCUT2D eigenvalue weighted by molar-refractivity contribution is 5.73. The molecule has 1 saturated heterocycles. The van der Waals surface area contributed by atoms with Crippen LogP contribution in [-0.4, -0.2) is 48.2 Å². The van der Waals surface area contributed by atoms with Gasteiger partial charge in [0.2, 0.25) is 0 Å². The van der Waals surface area contributed by atoms with Crippen LogP contribution in [0.3, 0.4) is 0 Å². The van der Waals surface area contributed by atoms with Crippen LogP contribution in [0.4, 0.5) is 0 Å². The van der Waals surface area contributed by atoms with E-state index < -0.39 is 5.97 Å². The van der Waals surface area contributed by atoms with Crippen molar-refractivity contribution in [2.24, 2.45) is 5.92 Å². The summed E-state index contributed by atoms with van der Waals surface area (Å²) >= 11 is 0. The minimum absolute atomic E-state index is 0.294. The van der Waals surface area contributed by atoms with E-state index in [0.29, 0.717) is 5.92 Å². The molecule has 0 aromatic carbocycles. The first-order valence-corrected chi connectivity index (χ1v) is 5.29. The Morgan fingerprint density at radius 1 is 1.43 bits per heavy atom. The fourth-order valence-corrected chi connectivity index (χ4v) is 1.85. The zero-order chi connectivity index (χ0) is 10.6. The number of hydrogen-bond donors (Lipinski definition) is 2. The summed E-state index contributed by atoms with van der Waals surface area (Å²) in [5, 5.41) is 12.3. The zero-order valence-electron chi connectivity index (χ0n) is 8.99. The van der Waals surface area contributed by atoms with Crippen molar-refractivity contribution >= 4 is 5.97 Å². The van der Waals surface area contributed by atoms with Crippen molar-refractivity contribution in [1.82, 2.24) is 10.2 Å². The van der Waals surface area contributed by atoms with E-state index in [-0.39, 0.29) is 6.04 Å². The minimum Gasteiger partial charge on any atom is -0.480 e. The third-order valence-corrected chi connectivity index (χ3v) is 2.57. The molecule has 1 atom stereocenters. The van der Waals surface area contributed by atoms with Gasteiger partial charge in [0.15, 0.2) is 0 Å². The molecule has 0 saturated carbocycles. The second-order valence-electron chi connectivity index (χ2n) is 4.27. The van der Waals surface area contributed by atoms with E-state index in [1.54, 1.807) is 0 Å². The van der Waals surface area contributed by atoms with Gasteiger partial charge in [0, 0.05) is 26.2 Å². The SMILES string of the molecule is CC(C)CC(C(=O)O)N1CCNCC1. The molecule has 14 heavy (non-hydrogen) atoms. The van der Waals surface area contributed by atoms with Crippen molar-refractivity contribution < 1.29 is 9.90 Å². The van der Waals surface area contributed by atoms with Gasteiger partial charge in [-0.25, -0.2) is 0 Å². The summed E-state index contributed by atoms with van der Waals surface area (Å²) in [4.78, 5) is 13.1. The number of aliphatic carboxylic acids is 1. The largest absolute Gasteiger partial charge is 0.480 e. The summed E-state index contributed by atoms with van der Waals surface area (Å²) in [6, 6.07) is -0.294. The standard InChI is InChI=1S/C10H20N2O2/c1-8(2)7-9(10(13)14)12-5-3-11-4-6-12/h8-9,11H,3-7H2,1-2H3,(H,13,14). The highest BCUT2D eigenvalue weighted by Crippen LogP contribution is 2.12. The smallest absolute Gasteiger partial charge is 0.320 e. The molecule has 1 aliphatic rings. The van der Waals surface area contributed by atoms with Crippen LogP contribution in [0.25, 0.3) is 0 Å². The van der Waals surface area contributed by atoms with Gasteiger partial charge in [-0.1, -0.05) is 13.8 Å². The Kier molecular flexibility index (Phi) is 4.35. The van der Waals surface area contributed by atoms with E-state index in [1.165, 1.54) is 0 Å². The summed E-state index contributed by atoms with van der Waals surface area (Å²) in [7, 11) is 0. The number of rotatable bonds is 4. The predicted octanol–water partition coefficient (Wildman–Crippen LogP) is 0.391. The van der Waals surface area contributed by atoms with Crippen LogP contribution in [0, 0.1) is 5.92 Å². The molecule has 0 radical (unpaired) electrons. The molecule has 0 bridgehead atoms. The van der Waals surface area contributed by atoms with Gasteiger partial charge in [-0.2, -0.15) is 0 Å². The monoisotopic (exact) mass is 200 g/mol. The van der Waals surface area contributed by atoms with Gasteiger partial charge in [-0.15, -0.1) is 0 Å². The Balaban J connectivity index is 2.51. The molecule has 1 fully saturated rings. The fourth-order valence-electron chi connectivity index (χ4n) is 1.85. The van der Waals surface area contributed by atoms with Crippen LogP contribution < -0.4 is 5.32 Å². The van der Waals surface area contributed by atoms with E-state index in [9.17, 15) is 4.79 Å². The lowest BCUT2D eigenvalue weighted by Crippen LogP contribution is -2.51. The average molecular weight is 200 g/mol. The van der Waals surface area contributed by atoms with Crippen LogP contribution in [0.1, 0.15) is 20.3 Å². The van der Waals surface area contributed by atoms with Gasteiger partial charge in [0.05, 0.1) is 0 Å². The van der Waals surface area contributed by atoms with Crippen molar-refractivity contribution in [3.05, 3.63) is 0 Å². The van der Waals surface area contributed by atoms with Crippen LogP contribution in [0.2, 0.25) is 0 Å². The molecule has 2 N–H and O–H groups in total. The first-order valence-electron chi connectivity index (χ1n) is 5.29. The van der Waals surface area contributed by atoms with Gasteiger partial charge in [-0.05, 0) is 12.3 Å². The van der Waals surface area contributed by atoms with Crippen molar-refractivity contribution in [1.29, 1.82) is 0 Å². The number of carboxylic acids is 1. The maximum absolute atomic E-state index is 11.1. The molecule has 4 nitrogen and oxygen atoms in total. The minimum atomic E-state index is -0.680. The van der Waals surface area contributed by atoms with Crippen molar-refractivity contribution in [2.75, 3.05) is 26.2 Å². The molecule has 1 rings (SSSR count). The van der Waals surface area contributed by atoms with Crippen molar-refractivity contribution in [3.63, 3.8) is 0 Å². The Bertz CT molecular complexity index is 189. The molecule has 1 unspecified atom stereocenters. The molecule has 0 spiro atoms. The van der Waals surface area contributed by atoms with Gasteiger partial charge < -0.3 is 10.4 Å². The van der Waals surface area contributed by atoms with Crippen LogP contribution in [-0.2, 0) is 4.79 Å². The highest BCUT2D eigenvalue weighted by atomic mass is 16.4. The summed E-state index contributed by atoms with van der Waals surface area (Å²) < 4.78 is 0. The molecule has 4 heteroatoms. The van der Waals surface area contributed by atoms with Crippen LogP contribution in [0.15, 0.2) is 0 Å². The summed E-state index contributed by atoms with van der Waals surface area (Å²) in [5.41, 5.74) is 0. The van der Waals surface area contributed by atoms with Gasteiger partial charge >= 0.3 is 5.97 Å². The number of carboxylic acid groups (broad SMARTS) is 1. The molecule has 0 aromatic rings. The van der Waals surface area contributed by atoms with Gasteiger partial charge in [0.1, 0.15) is 6.04 Å². The molecular weight excluding hydrogens is 180 g/mol. The average Bonchev–Trinajstić information content (AvgIpc) is 2.15. The van der Waals surface area contributed by atoms with Gasteiger partial charge in [0.25, 0.3) is 0 Å². The maximum Gasteiger partial charge on any atom is 0.320 e. The highest BCUT2D eigenvalue weighted by Gasteiger charge is 2.26. The quantitative estimate of drug-likeness (QED) is 0.689. The number of nitrogens with one attached hydrogen (secondary N) is 1. The summed E-state index contributed by atoms with van der Waals surface area (Å²) in [5.74, 6) is -0.244. The first-order chi connectivity index (χ1) is 6.61. The van der Waals surface area contributed by atoms with Crippen molar-refractivity contribution in [2.45, 2.75) is 26.3 Å². The maximum atomic E-state index is 11.1. The Hall–Kier alpha value is -0.610.